The first-order valence-corrected chi connectivity index (χ1v) is 6.48. The molecule has 4 nitrogen and oxygen atoms in total. The third kappa shape index (κ3) is 6.48. The molecule has 0 atom stereocenters. The molecule has 0 aliphatic rings. The molecule has 1 rings (SSSR count). The van der Waals surface area contributed by atoms with Crippen molar-refractivity contribution in [2.75, 3.05) is 6.54 Å². The van der Waals surface area contributed by atoms with Crippen LogP contribution in [0.2, 0.25) is 0 Å². The summed E-state index contributed by atoms with van der Waals surface area (Å²) >= 11 is 0. The maximum atomic E-state index is 12.3. The third-order valence-corrected chi connectivity index (χ3v) is 2.81. The number of para-hydroxylation sites is 1. The molecule has 0 aliphatic heterocycles. The van der Waals surface area contributed by atoms with Crippen LogP contribution in [-0.4, -0.2) is 24.4 Å². The number of carbonyl (C=O) groups is 1. The van der Waals surface area contributed by atoms with E-state index in [2.05, 4.69) is 10.1 Å². The van der Waals surface area contributed by atoms with Gasteiger partial charge in [-0.3, -0.25) is 4.79 Å². The lowest BCUT2D eigenvalue weighted by molar-refractivity contribution is -0.274. The summed E-state index contributed by atoms with van der Waals surface area (Å²) in [6, 6.07) is 5.77. The topological polar surface area (TPSA) is 64.3 Å². The van der Waals surface area contributed by atoms with E-state index < -0.39 is 11.9 Å². The van der Waals surface area contributed by atoms with Gasteiger partial charge in [-0.1, -0.05) is 18.2 Å². The molecule has 0 radical (unpaired) electrons. The van der Waals surface area contributed by atoms with Gasteiger partial charge >= 0.3 is 6.36 Å². The fraction of sp³-hybridized carbons (Fsp3) is 0.500. The number of hydrogen-bond donors (Lipinski definition) is 2. The Balaban J connectivity index is 2.66. The molecule has 0 unspecified atom stereocenters. The summed E-state index contributed by atoms with van der Waals surface area (Å²) in [6.07, 6.45) is -4.54. The number of aryl methyl sites for hydroxylation is 1. The first-order chi connectivity index (χ1) is 9.63. The van der Waals surface area contributed by atoms with Gasteiger partial charge in [0.05, 0.1) is 0 Å². The number of amides is 1. The molecule has 0 heterocycles. The zero-order valence-corrected chi connectivity index (χ0v) is 12.0. The number of nitrogens with one attached hydrogen (secondary N) is 1. The highest BCUT2D eigenvalue weighted by molar-refractivity contribution is 5.77. The highest BCUT2D eigenvalue weighted by Gasteiger charge is 2.32. The van der Waals surface area contributed by atoms with E-state index in [4.69, 9.17) is 5.73 Å². The number of nitrogens with two attached hydrogens (primary N) is 1. The molecule has 0 aromatic heterocycles. The first kappa shape index (κ1) is 17.3. The Bertz CT molecular complexity index is 487. The summed E-state index contributed by atoms with van der Waals surface area (Å²) in [7, 11) is 0. The van der Waals surface area contributed by atoms with E-state index in [-0.39, 0.29) is 31.0 Å². The number of halogens is 3. The number of hydrogen-bond acceptors (Lipinski definition) is 3. The van der Waals surface area contributed by atoms with E-state index in [9.17, 15) is 18.0 Å². The second-order valence-electron chi connectivity index (χ2n) is 5.29. The molecule has 1 amide bonds. The van der Waals surface area contributed by atoms with E-state index >= 15 is 0 Å². The van der Waals surface area contributed by atoms with Crippen molar-refractivity contribution in [2.24, 2.45) is 5.73 Å². The molecule has 0 aliphatic carbocycles. The number of carbonyl (C=O) groups excluding carboxylic acids is 1. The van der Waals surface area contributed by atoms with Gasteiger partial charge in [0.1, 0.15) is 5.75 Å². The first-order valence-electron chi connectivity index (χ1n) is 6.48. The van der Waals surface area contributed by atoms with Crippen LogP contribution < -0.4 is 15.8 Å². The van der Waals surface area contributed by atoms with Crippen LogP contribution in [0.5, 0.6) is 5.75 Å². The number of benzene rings is 1. The van der Waals surface area contributed by atoms with Crippen molar-refractivity contribution in [1.82, 2.24) is 5.32 Å². The molecule has 3 N–H and O–H groups in total. The Hall–Kier alpha value is -1.76. The van der Waals surface area contributed by atoms with E-state index in [1.165, 1.54) is 18.2 Å². The normalized spacial score (nSPS) is 12.1. The molecule has 0 saturated carbocycles. The lowest BCUT2D eigenvalue weighted by atomic mass is 10.0. The summed E-state index contributed by atoms with van der Waals surface area (Å²) < 4.78 is 40.8. The van der Waals surface area contributed by atoms with Gasteiger partial charge in [0, 0.05) is 18.5 Å². The molecule has 0 bridgehead atoms. The van der Waals surface area contributed by atoms with Crippen molar-refractivity contribution in [1.29, 1.82) is 0 Å². The number of rotatable bonds is 6. The van der Waals surface area contributed by atoms with Crippen molar-refractivity contribution in [2.45, 2.75) is 38.6 Å². The predicted octanol–water partition coefficient (Wildman–Crippen LogP) is 2.37. The molecule has 1 aromatic rings. The van der Waals surface area contributed by atoms with E-state index in [0.29, 0.717) is 5.56 Å². The SMILES string of the molecule is CC(C)(CN)NC(=O)CCc1ccccc1OC(F)(F)F. The van der Waals surface area contributed by atoms with E-state index in [0.717, 1.165) is 0 Å². The summed E-state index contributed by atoms with van der Waals surface area (Å²) in [4.78, 5) is 11.8. The highest BCUT2D eigenvalue weighted by Crippen LogP contribution is 2.26. The summed E-state index contributed by atoms with van der Waals surface area (Å²) in [5.41, 5.74) is 5.28. The van der Waals surface area contributed by atoms with E-state index in [1.54, 1.807) is 19.9 Å². The van der Waals surface area contributed by atoms with Gasteiger partial charge in [-0.2, -0.15) is 0 Å². The average molecular weight is 304 g/mol. The second-order valence-corrected chi connectivity index (χ2v) is 5.29. The van der Waals surface area contributed by atoms with Gasteiger partial charge < -0.3 is 15.8 Å². The van der Waals surface area contributed by atoms with Crippen LogP contribution in [0.4, 0.5) is 13.2 Å². The molecule has 0 saturated heterocycles. The average Bonchev–Trinajstić information content (AvgIpc) is 2.35. The lowest BCUT2D eigenvalue weighted by Gasteiger charge is -2.24. The molecule has 0 spiro atoms. The Morgan fingerprint density at radius 1 is 1.29 bits per heavy atom. The van der Waals surface area contributed by atoms with Crippen molar-refractivity contribution in [3.8, 4) is 5.75 Å². The summed E-state index contributed by atoms with van der Waals surface area (Å²) in [5.74, 6) is -0.553. The molecule has 7 heteroatoms. The van der Waals surface area contributed by atoms with Crippen LogP contribution >= 0.6 is 0 Å². The second kappa shape index (κ2) is 6.80. The van der Waals surface area contributed by atoms with Gasteiger partial charge in [-0.15, -0.1) is 13.2 Å². The highest BCUT2D eigenvalue weighted by atomic mass is 19.4. The Kier molecular flexibility index (Phi) is 5.60. The van der Waals surface area contributed by atoms with Crippen molar-refractivity contribution in [3.05, 3.63) is 29.8 Å². The monoisotopic (exact) mass is 304 g/mol. The molecule has 1 aromatic carbocycles. The minimum atomic E-state index is -4.75. The predicted molar refractivity (Wildman–Crippen MR) is 72.7 cm³/mol. The number of alkyl halides is 3. The van der Waals surface area contributed by atoms with Crippen LogP contribution in [0.1, 0.15) is 25.8 Å². The van der Waals surface area contributed by atoms with Gasteiger partial charge in [-0.25, -0.2) is 0 Å². The molecular formula is C14H19F3N2O2. The van der Waals surface area contributed by atoms with Crippen molar-refractivity contribution < 1.29 is 22.7 Å². The largest absolute Gasteiger partial charge is 0.573 e. The minimum absolute atomic E-state index is 0.0572. The van der Waals surface area contributed by atoms with Gasteiger partial charge in [0.15, 0.2) is 0 Å². The Labute approximate surface area is 121 Å². The van der Waals surface area contributed by atoms with Gasteiger partial charge in [0.2, 0.25) is 5.91 Å². The molecule has 0 fully saturated rings. The maximum Gasteiger partial charge on any atom is 0.573 e. The fourth-order valence-corrected chi connectivity index (χ4v) is 1.67. The van der Waals surface area contributed by atoms with Crippen molar-refractivity contribution >= 4 is 5.91 Å². The van der Waals surface area contributed by atoms with Gasteiger partial charge in [0.25, 0.3) is 0 Å². The minimum Gasteiger partial charge on any atom is -0.406 e. The zero-order valence-electron chi connectivity index (χ0n) is 12.0. The zero-order chi connectivity index (χ0) is 16.1. The maximum absolute atomic E-state index is 12.3. The fourth-order valence-electron chi connectivity index (χ4n) is 1.67. The van der Waals surface area contributed by atoms with E-state index in [1.807, 2.05) is 0 Å². The Morgan fingerprint density at radius 3 is 2.48 bits per heavy atom. The smallest absolute Gasteiger partial charge is 0.406 e. The van der Waals surface area contributed by atoms with Crippen LogP contribution in [0.15, 0.2) is 24.3 Å². The quantitative estimate of drug-likeness (QED) is 0.848. The van der Waals surface area contributed by atoms with Crippen LogP contribution in [-0.2, 0) is 11.2 Å². The molecular weight excluding hydrogens is 285 g/mol. The lowest BCUT2D eigenvalue weighted by Crippen LogP contribution is -2.48. The summed E-state index contributed by atoms with van der Waals surface area (Å²) in [5, 5.41) is 2.72. The Morgan fingerprint density at radius 2 is 1.90 bits per heavy atom. The standard InChI is InChI=1S/C14H19F3N2O2/c1-13(2,9-18)19-12(20)8-7-10-5-3-4-6-11(10)21-14(15,16)17/h3-6H,7-9,18H2,1-2H3,(H,19,20). The third-order valence-electron chi connectivity index (χ3n) is 2.81. The van der Waals surface area contributed by atoms with Crippen LogP contribution in [0, 0.1) is 0 Å². The van der Waals surface area contributed by atoms with Crippen molar-refractivity contribution in [3.63, 3.8) is 0 Å². The van der Waals surface area contributed by atoms with Crippen LogP contribution in [0.3, 0.4) is 0 Å². The summed E-state index contributed by atoms with van der Waals surface area (Å²) in [6.45, 7) is 3.81. The molecule has 118 valence electrons. The number of ether oxygens (including phenoxy) is 1. The van der Waals surface area contributed by atoms with Crippen LogP contribution in [0.25, 0.3) is 0 Å². The van der Waals surface area contributed by atoms with Gasteiger partial charge in [-0.05, 0) is 31.9 Å². The molecule has 21 heavy (non-hydrogen) atoms.